The normalized spacial score (nSPS) is 14.7. The lowest BCUT2D eigenvalue weighted by atomic mass is 10.1. The van der Waals surface area contributed by atoms with Gasteiger partial charge in [-0.3, -0.25) is 14.1 Å². The number of hydrogen-bond donors (Lipinski definition) is 4. The van der Waals surface area contributed by atoms with Crippen LogP contribution >= 0.6 is 7.82 Å². The number of aliphatic hydroxyl groups is 2. The molecule has 0 aromatic rings. The van der Waals surface area contributed by atoms with E-state index < -0.39 is 44.7 Å². The molecule has 10 nitrogen and oxygen atoms in total. The minimum atomic E-state index is -4.81. The zero-order valence-corrected chi connectivity index (χ0v) is 34.4. The molecule has 0 spiro atoms. The van der Waals surface area contributed by atoms with Gasteiger partial charge in [0.25, 0.3) is 0 Å². The molecule has 0 aliphatic rings. The van der Waals surface area contributed by atoms with Gasteiger partial charge in [-0.1, -0.05) is 150 Å². The number of phosphoric ester groups is 1. The van der Waals surface area contributed by atoms with Crippen molar-refractivity contribution in [2.24, 2.45) is 0 Å². The first kappa shape index (κ1) is 51.9. The highest BCUT2D eigenvalue weighted by molar-refractivity contribution is 7.46. The van der Waals surface area contributed by atoms with Gasteiger partial charge in [-0.25, -0.2) is 4.57 Å². The summed E-state index contributed by atoms with van der Waals surface area (Å²) < 4.78 is 26.2. The molecule has 3 atom stereocenters. The summed E-state index contributed by atoms with van der Waals surface area (Å²) in [7, 11) is -4.81. The lowest BCUT2D eigenvalue weighted by Crippen LogP contribution is -2.29. The summed E-state index contributed by atoms with van der Waals surface area (Å²) in [5.41, 5.74) is 0. The van der Waals surface area contributed by atoms with Crippen LogP contribution in [0.5, 0.6) is 0 Å². The highest BCUT2D eigenvalue weighted by atomic mass is 31.2. The maximum atomic E-state index is 12.4. The number of unbranched alkanes of at least 4 members (excludes halogenated alkanes) is 10. The molecule has 0 heterocycles. The van der Waals surface area contributed by atoms with E-state index in [1.807, 2.05) is 42.5 Å². The van der Waals surface area contributed by atoms with E-state index >= 15 is 0 Å². The van der Waals surface area contributed by atoms with Crippen LogP contribution in [0.1, 0.15) is 136 Å². The van der Waals surface area contributed by atoms with Crippen LogP contribution in [0.3, 0.4) is 0 Å². The third-order valence-corrected chi connectivity index (χ3v) is 8.50. The van der Waals surface area contributed by atoms with Gasteiger partial charge in [0.1, 0.15) is 6.61 Å². The Hall–Kier alpha value is -3.11. The van der Waals surface area contributed by atoms with Crippen molar-refractivity contribution in [3.05, 3.63) is 97.2 Å². The Morgan fingerprint density at radius 2 is 1.20 bits per heavy atom. The summed E-state index contributed by atoms with van der Waals surface area (Å²) in [5.74, 6) is -1.09. The van der Waals surface area contributed by atoms with E-state index in [0.717, 1.165) is 57.8 Å². The summed E-state index contributed by atoms with van der Waals surface area (Å²) in [6.07, 6.45) is 44.8. The zero-order valence-electron chi connectivity index (χ0n) is 33.5. The van der Waals surface area contributed by atoms with Crippen molar-refractivity contribution in [2.75, 3.05) is 13.2 Å². The van der Waals surface area contributed by atoms with Gasteiger partial charge in [0, 0.05) is 12.8 Å². The van der Waals surface area contributed by atoms with Crippen LogP contribution in [-0.2, 0) is 28.2 Å². The Morgan fingerprint density at radius 1 is 0.600 bits per heavy atom. The van der Waals surface area contributed by atoms with E-state index in [9.17, 15) is 24.4 Å². The molecule has 0 aromatic carbocycles. The number of rotatable bonds is 35. The van der Waals surface area contributed by atoms with Crippen molar-refractivity contribution in [1.29, 1.82) is 0 Å². The van der Waals surface area contributed by atoms with Crippen molar-refractivity contribution in [2.45, 2.75) is 154 Å². The first-order valence-corrected chi connectivity index (χ1v) is 21.8. The van der Waals surface area contributed by atoms with Crippen LogP contribution in [-0.4, -0.2) is 63.5 Å². The SMILES string of the molecule is CC/C=C\C[C@@H](O)/C=C/C=C\C/C=C\C=C\[C@@H](O)/C=C\CCCC(=O)OC[C@H](COP(=O)(O)O)OC(=O)CCCCCCCC/C=C\C/C=C\CCCCC. The molecular weight excluding hydrogens is 719 g/mol. The quantitative estimate of drug-likeness (QED) is 0.0160. The molecule has 55 heavy (non-hydrogen) atoms. The first-order valence-electron chi connectivity index (χ1n) is 20.3. The topological polar surface area (TPSA) is 160 Å². The van der Waals surface area contributed by atoms with Crippen molar-refractivity contribution in [3.8, 4) is 0 Å². The van der Waals surface area contributed by atoms with Crippen LogP contribution in [0.4, 0.5) is 0 Å². The third kappa shape index (κ3) is 40.4. The fourth-order valence-electron chi connectivity index (χ4n) is 4.96. The molecule has 0 saturated heterocycles. The van der Waals surface area contributed by atoms with Gasteiger partial charge in [0.2, 0.25) is 0 Å². The number of phosphoric acid groups is 1. The van der Waals surface area contributed by atoms with Crippen molar-refractivity contribution in [3.63, 3.8) is 0 Å². The standard InChI is InChI=1S/C44H71O10P/c1-3-5-7-8-9-10-11-12-13-14-15-16-17-21-24-30-37-44(48)54-42(39-53-55(49,50)51)38-52-43(47)36-31-25-29-35-41(46)34-28-23-20-18-19-22-27-33-40(45)32-26-6-4-2/h6,9-10,12-13,19-20,22-23,26-29,33-35,40-42,45-46H,3-5,7-8,11,14-18,21,24-25,30-32,36-39H2,1-2H3,(H2,49,50,51)/b10-9-,13-12-,22-19-,23-20-,26-6-,33-27+,34-28+,35-29-/t40-,41-,42-/m1/s1. The molecule has 0 aliphatic carbocycles. The Bertz CT molecular complexity index is 1240. The second-order valence-electron chi connectivity index (χ2n) is 13.3. The van der Waals surface area contributed by atoms with E-state index in [4.69, 9.17) is 19.3 Å². The second-order valence-corrected chi connectivity index (χ2v) is 14.5. The molecule has 4 N–H and O–H groups in total. The first-order chi connectivity index (χ1) is 26.6. The Kier molecular flexibility index (Phi) is 35.7. The monoisotopic (exact) mass is 790 g/mol. The second kappa shape index (κ2) is 37.8. The average molecular weight is 791 g/mol. The molecule has 11 heteroatoms. The van der Waals surface area contributed by atoms with Crippen LogP contribution in [0, 0.1) is 0 Å². The largest absolute Gasteiger partial charge is 0.469 e. The molecule has 0 aliphatic heterocycles. The fraction of sp³-hybridized carbons (Fsp3) is 0.591. The maximum Gasteiger partial charge on any atom is 0.469 e. The maximum absolute atomic E-state index is 12.4. The van der Waals surface area contributed by atoms with Gasteiger partial charge in [0.15, 0.2) is 6.10 Å². The summed E-state index contributed by atoms with van der Waals surface area (Å²) >= 11 is 0. The molecule has 0 fully saturated rings. The molecule has 0 radical (unpaired) electrons. The Labute approximate surface area is 331 Å². The van der Waals surface area contributed by atoms with Gasteiger partial charge in [0.05, 0.1) is 18.8 Å². The van der Waals surface area contributed by atoms with Gasteiger partial charge in [-0.2, -0.15) is 0 Å². The molecule has 0 unspecified atom stereocenters. The highest BCUT2D eigenvalue weighted by Crippen LogP contribution is 2.36. The molecule has 312 valence electrons. The Morgan fingerprint density at radius 3 is 1.87 bits per heavy atom. The van der Waals surface area contributed by atoms with Gasteiger partial charge < -0.3 is 29.5 Å². The number of carbonyl (C=O) groups excluding carboxylic acids is 2. The lowest BCUT2D eigenvalue weighted by molar-refractivity contribution is -0.161. The lowest BCUT2D eigenvalue weighted by Gasteiger charge is -2.18. The van der Waals surface area contributed by atoms with Crippen LogP contribution in [0.15, 0.2) is 97.2 Å². The van der Waals surface area contributed by atoms with E-state index in [1.165, 1.54) is 19.3 Å². The summed E-state index contributed by atoms with van der Waals surface area (Å²) in [6.45, 7) is 3.28. The minimum absolute atomic E-state index is 0.0728. The van der Waals surface area contributed by atoms with Gasteiger partial charge >= 0.3 is 19.8 Å². The van der Waals surface area contributed by atoms with Crippen molar-refractivity contribution >= 4 is 19.8 Å². The van der Waals surface area contributed by atoms with E-state index in [2.05, 4.69) is 42.7 Å². The fourth-order valence-corrected chi connectivity index (χ4v) is 5.33. The summed E-state index contributed by atoms with van der Waals surface area (Å²) in [4.78, 5) is 42.8. The van der Waals surface area contributed by atoms with E-state index in [1.54, 1.807) is 30.4 Å². The van der Waals surface area contributed by atoms with E-state index in [-0.39, 0.29) is 19.4 Å². The Balaban J connectivity index is 4.24. The molecule has 0 bridgehead atoms. The number of aliphatic hydroxyl groups excluding tert-OH is 2. The molecule has 0 saturated carbocycles. The summed E-state index contributed by atoms with van der Waals surface area (Å²) in [6, 6.07) is 0. The molecule has 0 rings (SSSR count). The number of hydrogen-bond acceptors (Lipinski definition) is 8. The zero-order chi connectivity index (χ0) is 40.7. The van der Waals surface area contributed by atoms with Crippen LogP contribution < -0.4 is 0 Å². The smallest absolute Gasteiger partial charge is 0.462 e. The average Bonchev–Trinajstić information content (AvgIpc) is 3.14. The summed E-state index contributed by atoms with van der Waals surface area (Å²) in [5, 5.41) is 19.9. The molecule has 0 amide bonds. The van der Waals surface area contributed by atoms with Gasteiger partial charge in [-0.15, -0.1) is 0 Å². The molecular formula is C44H71O10P. The van der Waals surface area contributed by atoms with Crippen molar-refractivity contribution in [1.82, 2.24) is 0 Å². The van der Waals surface area contributed by atoms with Crippen molar-refractivity contribution < 1.29 is 48.2 Å². The van der Waals surface area contributed by atoms with E-state index in [0.29, 0.717) is 32.1 Å². The molecule has 0 aromatic heterocycles. The minimum Gasteiger partial charge on any atom is -0.462 e. The third-order valence-electron chi connectivity index (χ3n) is 8.01. The number of ether oxygens (including phenoxy) is 2. The predicted octanol–water partition coefficient (Wildman–Crippen LogP) is 10.2. The number of allylic oxidation sites excluding steroid dienone is 12. The highest BCUT2D eigenvalue weighted by Gasteiger charge is 2.22. The van der Waals surface area contributed by atoms with Crippen LogP contribution in [0.2, 0.25) is 0 Å². The van der Waals surface area contributed by atoms with Gasteiger partial charge in [-0.05, 0) is 70.6 Å². The number of carbonyl (C=O) groups is 2. The number of esters is 2. The van der Waals surface area contributed by atoms with Crippen LogP contribution in [0.25, 0.3) is 0 Å². The predicted molar refractivity (Wildman–Crippen MR) is 223 cm³/mol.